The van der Waals surface area contributed by atoms with Crippen LogP contribution in [0.2, 0.25) is 0 Å². The number of amides is 12. The van der Waals surface area contributed by atoms with Crippen molar-refractivity contribution >= 4 is 118 Å². The predicted molar refractivity (Wildman–Crippen MR) is 401 cm³/mol. The van der Waals surface area contributed by atoms with Crippen LogP contribution in [-0.2, 0) is 92.5 Å². The average molecular weight is 1580 g/mol. The summed E-state index contributed by atoms with van der Waals surface area (Å²) >= 11 is 1.30. The first kappa shape index (κ1) is 85.9. The van der Waals surface area contributed by atoms with E-state index in [-0.39, 0.29) is 78.9 Å². The number of cyclic esters (lactones) is 2. The molecule has 610 valence electrons. The molecule has 1 aromatic carbocycles. The van der Waals surface area contributed by atoms with Gasteiger partial charge in [-0.05, 0) is 120 Å². The second-order valence-corrected chi connectivity index (χ2v) is 32.5. The van der Waals surface area contributed by atoms with Crippen molar-refractivity contribution in [2.45, 2.75) is 200 Å². The Bertz CT molecular complexity index is 4270. The Kier molecular flexibility index (Phi) is 27.7. The predicted octanol–water partition coefficient (Wildman–Crippen LogP) is 1.64. The molecule has 35 heteroatoms. The number of fused-ring (bicyclic) bond motifs is 4. The Hall–Kier alpha value is -10.1. The number of thioether (sulfide) groups is 1. The number of hydrogen-bond acceptors (Lipinski definition) is 24. The number of rotatable bonds is 16. The van der Waals surface area contributed by atoms with Crippen LogP contribution in [0.1, 0.15) is 158 Å². The lowest BCUT2D eigenvalue weighted by atomic mass is 9.82. The van der Waals surface area contributed by atoms with Crippen LogP contribution >= 0.6 is 11.8 Å². The minimum atomic E-state index is -2.05. The average Bonchev–Trinajstić information content (AvgIpc) is 1.03. The fourth-order valence-electron chi connectivity index (χ4n) is 15.6. The number of imide groups is 1. The van der Waals surface area contributed by atoms with E-state index in [1.807, 2.05) is 0 Å². The summed E-state index contributed by atoms with van der Waals surface area (Å²) in [6, 6.07) is -8.67. The van der Waals surface area contributed by atoms with Gasteiger partial charge in [-0.2, -0.15) is 11.8 Å². The van der Waals surface area contributed by atoms with E-state index in [4.69, 9.17) is 28.3 Å². The third kappa shape index (κ3) is 18.5. The van der Waals surface area contributed by atoms with Crippen LogP contribution in [0.3, 0.4) is 0 Å². The Morgan fingerprint density at radius 2 is 1.19 bits per heavy atom. The van der Waals surface area contributed by atoms with Gasteiger partial charge in [0.25, 0.3) is 11.8 Å². The second-order valence-electron chi connectivity index (χ2n) is 31.4. The van der Waals surface area contributed by atoms with Crippen molar-refractivity contribution in [3.63, 3.8) is 0 Å². The molecule has 2 aliphatic carbocycles. The van der Waals surface area contributed by atoms with Gasteiger partial charge in [-0.15, -0.1) is 0 Å². The number of hydrogen-bond donors (Lipinski definition) is 4. The molecule has 112 heavy (non-hydrogen) atoms. The summed E-state index contributed by atoms with van der Waals surface area (Å²) in [6.07, 6.45) is 1.87. The normalized spacial score (nSPS) is 26.2. The minimum Gasteiger partial charge on any atom is -0.461 e. The van der Waals surface area contributed by atoms with Gasteiger partial charge in [0.1, 0.15) is 72.3 Å². The molecule has 5 saturated heterocycles. The van der Waals surface area contributed by atoms with Crippen molar-refractivity contribution in [3.05, 3.63) is 50.2 Å². The fraction of sp³-hybridized carbons (Fsp3) is 0.636. The first-order valence-corrected chi connectivity index (χ1v) is 39.4. The lowest BCUT2D eigenvalue weighted by Gasteiger charge is -2.36. The molecule has 6 aliphatic heterocycles. The first-order chi connectivity index (χ1) is 52.8. The quantitative estimate of drug-likeness (QED) is 0.0520. The van der Waals surface area contributed by atoms with Crippen LogP contribution in [0.5, 0.6) is 0 Å². The Morgan fingerprint density at radius 3 is 1.71 bits per heavy atom. The van der Waals surface area contributed by atoms with Gasteiger partial charge in [0.2, 0.25) is 65.9 Å². The third-order valence-corrected chi connectivity index (χ3v) is 23.0. The maximum atomic E-state index is 16.0. The number of ether oxygens (including phenoxy) is 4. The number of carbonyl (C=O) groups excluding carboxylic acids is 16. The molecule has 10 atom stereocenters. The highest BCUT2D eigenvalue weighted by Crippen LogP contribution is 2.37. The zero-order valence-corrected chi connectivity index (χ0v) is 67.2. The van der Waals surface area contributed by atoms with Crippen molar-refractivity contribution < 1.29 is 100 Å². The lowest BCUT2D eigenvalue weighted by molar-refractivity contribution is -0.171. The van der Waals surface area contributed by atoms with Crippen LogP contribution in [0, 0.1) is 49.4 Å². The van der Waals surface area contributed by atoms with Crippen molar-refractivity contribution in [2.24, 2.45) is 35.5 Å². The van der Waals surface area contributed by atoms with Gasteiger partial charge in [0, 0.05) is 65.4 Å². The minimum absolute atomic E-state index is 0.0782. The molecule has 9 rings (SSSR count). The van der Waals surface area contributed by atoms with Gasteiger partial charge >= 0.3 is 23.9 Å². The van der Waals surface area contributed by atoms with E-state index in [1.165, 1.54) is 85.5 Å². The number of aryl methyl sites for hydroxylation is 1. The Morgan fingerprint density at radius 1 is 0.643 bits per heavy atom. The van der Waals surface area contributed by atoms with Crippen molar-refractivity contribution in [2.75, 3.05) is 80.6 Å². The monoisotopic (exact) mass is 1580 g/mol. The smallest absolute Gasteiger partial charge is 0.329 e. The number of nitrogens with zero attached hydrogens (tertiary/aromatic N) is 8. The molecule has 12 amide bonds. The standard InChI is InChI=1S/C77H104N12O22S/c1-36(2)56-73(102)87-27-17-19-48(87)70(99)83(12)32-52(91)85(14)61(38(5)6)76(105)107-34-47(67(96)80-56)78-66(95)45-26-21-40(9)64-59(45)79-60-55(46(63(94)41(10)65(60)111-64)29-54(93)108-35-109-75(104)44-24-22-43(23-25-44)31-89-51(90)30-50(112-16)72(89)101)68(97)82-58-42(11)110-77(106)62(39(7)8)86(15)53(92)33-84(13)71(100)49-20-18-28-88(49)74(103)57(37(3)4)81-69(58)98/h21,26,36-39,42-44,47-50,56-58,61-62H,17-20,22-25,27-35H2,1-16H3,(H,78,95)(H,80,96)(H,81,98)(H,82,97). The number of aromatic nitrogens is 1. The van der Waals surface area contributed by atoms with E-state index in [0.29, 0.717) is 38.5 Å². The molecule has 10 unspecified atom stereocenters. The van der Waals surface area contributed by atoms with Gasteiger partial charge in [-0.3, -0.25) is 76.8 Å². The van der Waals surface area contributed by atoms with Gasteiger partial charge in [-0.25, -0.2) is 14.6 Å². The zero-order valence-electron chi connectivity index (χ0n) is 66.4. The van der Waals surface area contributed by atoms with Crippen molar-refractivity contribution in [3.8, 4) is 11.5 Å². The summed E-state index contributed by atoms with van der Waals surface area (Å²) in [5, 5.41) is 10.2. The Labute approximate surface area is 653 Å². The van der Waals surface area contributed by atoms with Crippen LogP contribution in [0.25, 0.3) is 22.6 Å². The third-order valence-electron chi connectivity index (χ3n) is 22.1. The van der Waals surface area contributed by atoms with Crippen LogP contribution in [0.4, 0.5) is 0 Å². The molecule has 0 aromatic heterocycles. The Balaban J connectivity index is 1.12. The summed E-state index contributed by atoms with van der Waals surface area (Å²) in [7, 11) is 5.47. The van der Waals surface area contributed by atoms with Gasteiger partial charge in [0.05, 0.1) is 41.8 Å². The van der Waals surface area contributed by atoms with Crippen molar-refractivity contribution in [1.29, 1.82) is 0 Å². The van der Waals surface area contributed by atoms with Crippen molar-refractivity contribution in [1.82, 2.24) is 60.6 Å². The largest absolute Gasteiger partial charge is 0.461 e. The first-order valence-electron chi connectivity index (χ1n) is 38.1. The van der Waals surface area contributed by atoms with E-state index in [9.17, 15) is 62.3 Å². The van der Waals surface area contributed by atoms with Crippen LogP contribution in [0.15, 0.2) is 21.3 Å². The molecule has 1 saturated carbocycles. The highest BCUT2D eigenvalue weighted by atomic mass is 32.2. The summed E-state index contributed by atoms with van der Waals surface area (Å²) in [4.78, 5) is 258. The highest BCUT2D eigenvalue weighted by Gasteiger charge is 2.47. The van der Waals surface area contributed by atoms with E-state index < -0.39 is 239 Å². The number of esters is 4. The summed E-state index contributed by atoms with van der Waals surface area (Å²) in [5.41, 5.74) is -3.94. The SMILES string of the molecule is CSC1CC(=O)N(CC2CCC(C(=O)OCOC(=O)Cc3c(C(=O)NC4C(=O)NC(C(C)C)C(=O)N5CCCC5C(=O)N(C)CC(=O)N(C)C(C(C)C)C(=O)OC4C)c4nc5c(C(=O)NC6COC(=O)C(C(C)C)N(C)C(=O)CN(C)C(=O)C7CCCN7C(=O)C(C(C)C)NC6=O)ccc(C)c5oc-4c(C)c3=O)CC2)C1=O. The lowest BCUT2D eigenvalue weighted by Crippen LogP contribution is -2.61. The molecule has 34 nitrogen and oxygen atoms in total. The number of likely N-dealkylation sites (tertiary alicyclic amines) is 1. The maximum Gasteiger partial charge on any atom is 0.329 e. The fourth-order valence-corrected chi connectivity index (χ4v) is 16.2. The van der Waals surface area contributed by atoms with E-state index in [1.54, 1.807) is 68.6 Å². The zero-order chi connectivity index (χ0) is 82.5. The molecular weight excluding hydrogens is 1480 g/mol. The second kappa shape index (κ2) is 36.2. The van der Waals surface area contributed by atoms with E-state index in [2.05, 4.69) is 21.3 Å². The number of nitrogens with one attached hydrogen (secondary N) is 4. The molecule has 1 aromatic rings. The molecule has 0 spiro atoms. The number of carbonyl (C=O) groups is 16. The maximum absolute atomic E-state index is 16.0. The highest BCUT2D eigenvalue weighted by molar-refractivity contribution is 8.00. The summed E-state index contributed by atoms with van der Waals surface area (Å²) < 4.78 is 29.3. The molecular formula is C77H104N12O22S. The molecule has 8 aliphatic rings. The van der Waals surface area contributed by atoms with Crippen LogP contribution < -0.4 is 26.7 Å². The number of benzene rings is 2. The molecule has 6 fully saturated rings. The number of likely N-dealkylation sites (N-methyl/N-ethyl adjacent to an activating group) is 4. The van der Waals surface area contributed by atoms with Gasteiger partial charge < -0.3 is 74.0 Å². The van der Waals surface area contributed by atoms with E-state index >= 15 is 19.2 Å². The molecule has 0 bridgehead atoms. The summed E-state index contributed by atoms with van der Waals surface area (Å²) in [5.74, 6) is -16.8. The summed E-state index contributed by atoms with van der Waals surface area (Å²) in [6.45, 7) is 14.7. The van der Waals surface area contributed by atoms with Gasteiger partial charge in [-0.1, -0.05) is 61.5 Å². The van der Waals surface area contributed by atoms with E-state index in [0.717, 1.165) is 14.7 Å². The molecule has 4 N–H and O–H groups in total. The molecule has 0 radical (unpaired) electrons. The van der Waals surface area contributed by atoms with Crippen LogP contribution in [-0.4, -0.2) is 274 Å². The van der Waals surface area contributed by atoms with Gasteiger partial charge in [0.15, 0.2) is 16.8 Å². The molecule has 6 heterocycles. The topological polar surface area (TPSA) is 424 Å².